The summed E-state index contributed by atoms with van der Waals surface area (Å²) in [5.41, 5.74) is 0.739. The lowest BCUT2D eigenvalue weighted by atomic mass is 10.2. The third-order valence-corrected chi connectivity index (χ3v) is 6.99. The molecule has 5 nitrogen and oxygen atoms in total. The number of thiophene rings is 1. The van der Waals surface area contributed by atoms with Crippen molar-refractivity contribution in [3.63, 3.8) is 0 Å². The van der Waals surface area contributed by atoms with E-state index in [0.717, 1.165) is 9.35 Å². The van der Waals surface area contributed by atoms with E-state index < -0.39 is 10.0 Å². The van der Waals surface area contributed by atoms with Crippen molar-refractivity contribution in [3.05, 3.63) is 39.7 Å². The summed E-state index contributed by atoms with van der Waals surface area (Å²) >= 11 is 4.46. The SMILES string of the molecule is COc1cccc(CN(C)S(=O)(=O)c2ccc(Br)s2)c1OC. The molecule has 0 aliphatic heterocycles. The number of nitrogens with zero attached hydrogens (tertiary/aromatic N) is 1. The number of rotatable bonds is 6. The number of hydrogen-bond acceptors (Lipinski definition) is 5. The summed E-state index contributed by atoms with van der Waals surface area (Å²) in [6.45, 7) is 0.193. The first kappa shape index (κ1) is 17.3. The lowest BCUT2D eigenvalue weighted by Gasteiger charge is -2.19. The molecule has 0 unspecified atom stereocenters. The molecule has 0 radical (unpaired) electrons. The fourth-order valence-corrected chi connectivity index (χ4v) is 5.36. The van der Waals surface area contributed by atoms with Gasteiger partial charge in [-0.05, 0) is 34.1 Å². The van der Waals surface area contributed by atoms with Crippen LogP contribution >= 0.6 is 27.3 Å². The van der Waals surface area contributed by atoms with Crippen LogP contribution in [0.15, 0.2) is 38.3 Å². The Morgan fingerprint density at radius 1 is 1.18 bits per heavy atom. The lowest BCUT2D eigenvalue weighted by molar-refractivity contribution is 0.347. The van der Waals surface area contributed by atoms with E-state index in [1.54, 1.807) is 38.4 Å². The number of hydrogen-bond donors (Lipinski definition) is 0. The Morgan fingerprint density at radius 2 is 1.91 bits per heavy atom. The first-order valence-corrected chi connectivity index (χ1v) is 9.36. The Labute approximate surface area is 142 Å². The van der Waals surface area contributed by atoms with Gasteiger partial charge in [-0.3, -0.25) is 0 Å². The van der Waals surface area contributed by atoms with E-state index >= 15 is 0 Å². The van der Waals surface area contributed by atoms with Gasteiger partial charge in [0.15, 0.2) is 11.5 Å². The molecule has 0 atom stereocenters. The van der Waals surface area contributed by atoms with Crippen molar-refractivity contribution in [1.29, 1.82) is 0 Å². The highest BCUT2D eigenvalue weighted by atomic mass is 79.9. The maximum atomic E-state index is 12.5. The number of methoxy groups -OCH3 is 2. The number of para-hydroxylation sites is 1. The second-order valence-corrected chi connectivity index (χ2v) is 9.21. The molecule has 1 aromatic heterocycles. The molecule has 0 N–H and O–H groups in total. The van der Waals surface area contributed by atoms with Crippen molar-refractivity contribution in [2.24, 2.45) is 0 Å². The zero-order valence-electron chi connectivity index (χ0n) is 12.4. The van der Waals surface area contributed by atoms with Gasteiger partial charge in [-0.1, -0.05) is 12.1 Å². The van der Waals surface area contributed by atoms with E-state index in [4.69, 9.17) is 9.47 Å². The molecule has 0 spiro atoms. The summed E-state index contributed by atoms with van der Waals surface area (Å²) < 4.78 is 38.0. The van der Waals surface area contributed by atoms with Crippen LogP contribution in [0.2, 0.25) is 0 Å². The molecule has 120 valence electrons. The van der Waals surface area contributed by atoms with Gasteiger partial charge < -0.3 is 9.47 Å². The first-order chi connectivity index (χ1) is 10.4. The molecule has 0 saturated carbocycles. The Balaban J connectivity index is 2.31. The minimum absolute atomic E-state index is 0.193. The van der Waals surface area contributed by atoms with E-state index in [1.807, 2.05) is 6.07 Å². The van der Waals surface area contributed by atoms with Gasteiger partial charge in [0, 0.05) is 19.2 Å². The van der Waals surface area contributed by atoms with Crippen molar-refractivity contribution in [2.75, 3.05) is 21.3 Å². The van der Waals surface area contributed by atoms with E-state index in [-0.39, 0.29) is 6.54 Å². The molecule has 0 aliphatic carbocycles. The predicted molar refractivity (Wildman–Crippen MR) is 90.2 cm³/mol. The minimum Gasteiger partial charge on any atom is -0.493 e. The van der Waals surface area contributed by atoms with Crippen LogP contribution in [0, 0.1) is 0 Å². The maximum Gasteiger partial charge on any atom is 0.252 e. The largest absolute Gasteiger partial charge is 0.493 e. The molecule has 0 bridgehead atoms. The smallest absolute Gasteiger partial charge is 0.252 e. The summed E-state index contributed by atoms with van der Waals surface area (Å²) in [5.74, 6) is 1.11. The summed E-state index contributed by atoms with van der Waals surface area (Å²) in [6.07, 6.45) is 0. The topological polar surface area (TPSA) is 55.8 Å². The molecule has 1 heterocycles. The highest BCUT2D eigenvalue weighted by molar-refractivity contribution is 9.11. The van der Waals surface area contributed by atoms with Crippen LogP contribution in [-0.4, -0.2) is 34.0 Å². The molecular weight excluding hydrogens is 390 g/mol. The molecule has 2 rings (SSSR count). The zero-order valence-corrected chi connectivity index (χ0v) is 15.6. The number of halogens is 1. The third kappa shape index (κ3) is 3.45. The van der Waals surface area contributed by atoms with Gasteiger partial charge in [0.2, 0.25) is 0 Å². The third-order valence-electron chi connectivity index (χ3n) is 3.09. The molecule has 1 aromatic carbocycles. The van der Waals surface area contributed by atoms with E-state index in [9.17, 15) is 8.42 Å². The Kier molecular flexibility index (Phi) is 5.49. The number of sulfonamides is 1. The molecule has 0 saturated heterocycles. The van der Waals surface area contributed by atoms with Gasteiger partial charge in [-0.2, -0.15) is 4.31 Å². The molecule has 22 heavy (non-hydrogen) atoms. The lowest BCUT2D eigenvalue weighted by Crippen LogP contribution is -2.26. The number of benzene rings is 1. The van der Waals surface area contributed by atoms with Gasteiger partial charge in [-0.15, -0.1) is 11.3 Å². The standard InChI is InChI=1S/C14H16BrNO4S2/c1-16(22(17,18)13-8-7-12(15)21-13)9-10-5-4-6-11(19-2)14(10)20-3/h4-8H,9H2,1-3H3. The quantitative estimate of drug-likeness (QED) is 0.739. The second kappa shape index (κ2) is 6.99. The summed E-state index contributed by atoms with van der Waals surface area (Å²) in [4.78, 5) is 0. The van der Waals surface area contributed by atoms with Crippen LogP contribution in [0.5, 0.6) is 11.5 Å². The summed E-state index contributed by atoms with van der Waals surface area (Å²) in [7, 11) is 1.09. The van der Waals surface area contributed by atoms with Crippen molar-refractivity contribution < 1.29 is 17.9 Å². The highest BCUT2D eigenvalue weighted by Gasteiger charge is 2.24. The van der Waals surface area contributed by atoms with E-state index in [1.165, 1.54) is 22.8 Å². The molecule has 0 fully saturated rings. The van der Waals surface area contributed by atoms with Crippen molar-refractivity contribution >= 4 is 37.3 Å². The fourth-order valence-electron chi connectivity index (χ4n) is 1.99. The molecule has 0 aliphatic rings. The fraction of sp³-hybridized carbons (Fsp3) is 0.286. The van der Waals surface area contributed by atoms with Crippen LogP contribution in [-0.2, 0) is 16.6 Å². The van der Waals surface area contributed by atoms with Crippen molar-refractivity contribution in [3.8, 4) is 11.5 Å². The minimum atomic E-state index is -3.54. The van der Waals surface area contributed by atoms with Crippen LogP contribution in [0.1, 0.15) is 5.56 Å². The van der Waals surface area contributed by atoms with Crippen LogP contribution in [0.4, 0.5) is 0 Å². The predicted octanol–water partition coefficient (Wildman–Crippen LogP) is 3.35. The van der Waals surface area contributed by atoms with Gasteiger partial charge in [0.05, 0.1) is 18.0 Å². The average molecular weight is 406 g/mol. The molecule has 8 heteroatoms. The molecule has 2 aromatic rings. The highest BCUT2D eigenvalue weighted by Crippen LogP contribution is 2.33. The summed E-state index contributed by atoms with van der Waals surface area (Å²) in [5, 5.41) is 0. The van der Waals surface area contributed by atoms with E-state index in [2.05, 4.69) is 15.9 Å². The van der Waals surface area contributed by atoms with Gasteiger partial charge in [-0.25, -0.2) is 8.42 Å². The number of ether oxygens (including phenoxy) is 2. The van der Waals surface area contributed by atoms with Gasteiger partial charge in [0.25, 0.3) is 10.0 Å². The maximum absolute atomic E-state index is 12.5. The monoisotopic (exact) mass is 405 g/mol. The molecular formula is C14H16BrNO4S2. The second-order valence-electron chi connectivity index (χ2n) is 4.47. The summed E-state index contributed by atoms with van der Waals surface area (Å²) in [6, 6.07) is 8.70. The Bertz CT molecular complexity index is 758. The first-order valence-electron chi connectivity index (χ1n) is 6.31. The normalized spacial score (nSPS) is 11.7. The zero-order chi connectivity index (χ0) is 16.3. The Morgan fingerprint density at radius 3 is 2.45 bits per heavy atom. The van der Waals surface area contributed by atoms with Crippen molar-refractivity contribution in [1.82, 2.24) is 4.31 Å². The van der Waals surface area contributed by atoms with Crippen LogP contribution in [0.25, 0.3) is 0 Å². The van der Waals surface area contributed by atoms with Gasteiger partial charge in [0.1, 0.15) is 4.21 Å². The Hall–Kier alpha value is -1.09. The average Bonchev–Trinajstić information content (AvgIpc) is 2.94. The van der Waals surface area contributed by atoms with Crippen molar-refractivity contribution in [2.45, 2.75) is 10.8 Å². The molecule has 0 amide bonds. The van der Waals surface area contributed by atoms with Crippen LogP contribution in [0.3, 0.4) is 0 Å². The van der Waals surface area contributed by atoms with Crippen LogP contribution < -0.4 is 9.47 Å². The van der Waals surface area contributed by atoms with E-state index in [0.29, 0.717) is 15.7 Å². The van der Waals surface area contributed by atoms with Gasteiger partial charge >= 0.3 is 0 Å².